The van der Waals surface area contributed by atoms with Gasteiger partial charge in [0.2, 0.25) is 5.95 Å². The summed E-state index contributed by atoms with van der Waals surface area (Å²) >= 11 is 0. The van der Waals surface area contributed by atoms with Gasteiger partial charge in [-0.15, -0.1) is 0 Å². The van der Waals surface area contributed by atoms with Crippen LogP contribution in [-0.2, 0) is 9.47 Å². The average molecular weight is 500 g/mol. The van der Waals surface area contributed by atoms with Gasteiger partial charge in [-0.3, -0.25) is 4.90 Å². The number of hydrogen-bond donors (Lipinski definition) is 1. The zero-order chi connectivity index (χ0) is 25.2. The van der Waals surface area contributed by atoms with Crippen molar-refractivity contribution in [1.29, 1.82) is 0 Å². The van der Waals surface area contributed by atoms with Gasteiger partial charge in [0.05, 0.1) is 30.1 Å². The number of anilines is 3. The highest BCUT2D eigenvalue weighted by molar-refractivity contribution is 5.90. The number of carbonyl (C=O) groups is 1. The average Bonchev–Trinajstić information content (AvgIpc) is 2.94. The van der Waals surface area contributed by atoms with E-state index in [4.69, 9.17) is 9.47 Å². The number of fused-ring (bicyclic) bond motifs is 2. The molecule has 2 aromatic carbocycles. The lowest BCUT2D eigenvalue weighted by molar-refractivity contribution is -0.189. The summed E-state index contributed by atoms with van der Waals surface area (Å²) in [6.07, 6.45) is 6.38. The van der Waals surface area contributed by atoms with Crippen LogP contribution in [0.1, 0.15) is 36.5 Å². The van der Waals surface area contributed by atoms with E-state index in [1.807, 2.05) is 18.2 Å². The first kappa shape index (κ1) is 23.9. The van der Waals surface area contributed by atoms with Crippen molar-refractivity contribution < 1.29 is 14.3 Å². The number of nitrogens with one attached hydrogen (secondary N) is 1. The van der Waals surface area contributed by atoms with Crippen LogP contribution in [0.25, 0.3) is 11.3 Å². The fourth-order valence-corrected chi connectivity index (χ4v) is 5.63. The van der Waals surface area contributed by atoms with E-state index in [-0.39, 0.29) is 5.97 Å². The third-order valence-electron chi connectivity index (χ3n) is 7.60. The Bertz CT molecular complexity index is 1210. The number of hydrogen-bond acceptors (Lipinski definition) is 8. The molecule has 1 aromatic heterocycles. The van der Waals surface area contributed by atoms with Crippen LogP contribution in [0.5, 0.6) is 0 Å². The van der Waals surface area contributed by atoms with Crippen LogP contribution in [0.3, 0.4) is 0 Å². The van der Waals surface area contributed by atoms with E-state index in [0.717, 1.165) is 43.1 Å². The van der Waals surface area contributed by atoms with E-state index < -0.39 is 0 Å². The standard InChI is InChI=1S/C29H33N5O3/c1-2-36-28(35)21-5-3-20(4-6-21)27-11-14-30-29(32-27)31-22-7-9-23(10-8-22)33-15-12-24(13-16-33)34-18-25-17-26(19-34)37-25/h3-11,14,24-26H,2,12-13,15-19H2,1H3,(H,30,31,32). The molecule has 8 heteroatoms. The SMILES string of the molecule is CCOC(=O)c1ccc(-c2ccnc(Nc3ccc(N4CCC(N5CC6CC(C5)O6)CC4)cc3)n2)cc1. The van der Waals surface area contributed by atoms with Crippen molar-refractivity contribution in [3.05, 3.63) is 66.4 Å². The zero-order valence-corrected chi connectivity index (χ0v) is 21.2. The molecule has 0 saturated carbocycles. The molecule has 0 amide bonds. The van der Waals surface area contributed by atoms with Gasteiger partial charge >= 0.3 is 5.97 Å². The predicted molar refractivity (Wildman–Crippen MR) is 143 cm³/mol. The minimum atomic E-state index is -0.319. The molecule has 1 N–H and O–H groups in total. The fourth-order valence-electron chi connectivity index (χ4n) is 5.63. The van der Waals surface area contributed by atoms with Crippen LogP contribution in [0, 0.1) is 0 Å². The molecule has 37 heavy (non-hydrogen) atoms. The minimum Gasteiger partial charge on any atom is -0.462 e. The van der Waals surface area contributed by atoms with Crippen LogP contribution in [0.4, 0.5) is 17.3 Å². The van der Waals surface area contributed by atoms with E-state index >= 15 is 0 Å². The molecule has 0 radical (unpaired) electrons. The highest BCUT2D eigenvalue weighted by atomic mass is 16.5. The molecule has 4 saturated heterocycles. The second-order valence-electron chi connectivity index (χ2n) is 10.0. The molecule has 5 heterocycles. The lowest BCUT2D eigenvalue weighted by atomic mass is 9.94. The molecule has 3 aromatic rings. The van der Waals surface area contributed by atoms with Gasteiger partial charge in [-0.1, -0.05) is 12.1 Å². The molecule has 4 aliphatic rings. The summed E-state index contributed by atoms with van der Waals surface area (Å²) in [6.45, 7) is 6.56. The van der Waals surface area contributed by atoms with E-state index in [2.05, 4.69) is 49.4 Å². The van der Waals surface area contributed by atoms with E-state index in [1.165, 1.54) is 24.9 Å². The summed E-state index contributed by atoms with van der Waals surface area (Å²) in [5.74, 6) is 0.212. The molecule has 4 fully saturated rings. The van der Waals surface area contributed by atoms with Crippen molar-refractivity contribution in [2.45, 2.75) is 44.4 Å². The Hall–Kier alpha value is -3.49. The van der Waals surface area contributed by atoms with Gasteiger partial charge in [0.1, 0.15) is 0 Å². The van der Waals surface area contributed by atoms with Crippen LogP contribution in [0.2, 0.25) is 0 Å². The van der Waals surface area contributed by atoms with Crippen LogP contribution in [-0.4, -0.2) is 71.9 Å². The third-order valence-corrected chi connectivity index (χ3v) is 7.60. The third kappa shape index (κ3) is 5.31. The number of esters is 1. The summed E-state index contributed by atoms with van der Waals surface area (Å²) in [4.78, 5) is 26.1. The molecule has 8 nitrogen and oxygen atoms in total. The maximum Gasteiger partial charge on any atom is 0.338 e. The van der Waals surface area contributed by atoms with Gasteiger partial charge in [0.25, 0.3) is 0 Å². The molecular weight excluding hydrogens is 466 g/mol. The van der Waals surface area contributed by atoms with E-state index in [0.29, 0.717) is 36.4 Å². The maximum atomic E-state index is 11.9. The summed E-state index contributed by atoms with van der Waals surface area (Å²) in [5.41, 5.74) is 4.42. The summed E-state index contributed by atoms with van der Waals surface area (Å²) in [5, 5.41) is 3.32. The van der Waals surface area contributed by atoms with E-state index in [9.17, 15) is 4.79 Å². The van der Waals surface area contributed by atoms with Crippen molar-refractivity contribution in [2.75, 3.05) is 43.0 Å². The summed E-state index contributed by atoms with van der Waals surface area (Å²) in [7, 11) is 0. The van der Waals surface area contributed by atoms with Crippen molar-refractivity contribution in [1.82, 2.24) is 14.9 Å². The minimum absolute atomic E-state index is 0.319. The topological polar surface area (TPSA) is 79.8 Å². The number of rotatable bonds is 7. The lowest BCUT2D eigenvalue weighted by Gasteiger charge is -2.51. The second-order valence-corrected chi connectivity index (χ2v) is 10.0. The molecular formula is C29H33N5O3. The first-order chi connectivity index (χ1) is 18.1. The van der Waals surface area contributed by atoms with Crippen LogP contribution < -0.4 is 10.2 Å². The normalized spacial score (nSPS) is 21.8. The molecule has 4 aliphatic heterocycles. The maximum absolute atomic E-state index is 11.9. The molecule has 0 aliphatic carbocycles. The van der Waals surface area contributed by atoms with E-state index in [1.54, 1.807) is 25.3 Å². The lowest BCUT2D eigenvalue weighted by Crippen LogP contribution is -2.61. The van der Waals surface area contributed by atoms with Gasteiger partial charge in [-0.2, -0.15) is 0 Å². The molecule has 2 bridgehead atoms. The number of carbonyl (C=O) groups excluding carboxylic acids is 1. The number of nitrogens with zero attached hydrogens (tertiary/aromatic N) is 4. The highest BCUT2D eigenvalue weighted by Crippen LogP contribution is 2.32. The molecule has 192 valence electrons. The second kappa shape index (κ2) is 10.5. The smallest absolute Gasteiger partial charge is 0.338 e. The predicted octanol–water partition coefficient (Wildman–Crippen LogP) is 4.51. The zero-order valence-electron chi connectivity index (χ0n) is 21.2. The van der Waals surface area contributed by atoms with Gasteiger partial charge in [0, 0.05) is 61.8 Å². The number of morpholine rings is 1. The Morgan fingerprint density at radius 1 is 1.03 bits per heavy atom. The summed E-state index contributed by atoms with van der Waals surface area (Å²) < 4.78 is 10.9. The molecule has 0 spiro atoms. The Kier molecular flexibility index (Phi) is 6.76. The van der Waals surface area contributed by atoms with Crippen molar-refractivity contribution in [3.8, 4) is 11.3 Å². The van der Waals surface area contributed by atoms with Gasteiger partial charge in [-0.25, -0.2) is 14.8 Å². The van der Waals surface area contributed by atoms with Crippen molar-refractivity contribution in [2.24, 2.45) is 0 Å². The number of aromatic nitrogens is 2. The van der Waals surface area contributed by atoms with Gasteiger partial charge in [-0.05, 0) is 62.2 Å². The molecule has 2 unspecified atom stereocenters. The van der Waals surface area contributed by atoms with Crippen molar-refractivity contribution in [3.63, 3.8) is 0 Å². The monoisotopic (exact) mass is 499 g/mol. The Balaban J connectivity index is 1.05. The van der Waals surface area contributed by atoms with Crippen LogP contribution >= 0.6 is 0 Å². The summed E-state index contributed by atoms with van der Waals surface area (Å²) in [6, 6.07) is 18.3. The van der Waals surface area contributed by atoms with Gasteiger partial charge in [0.15, 0.2) is 0 Å². The van der Waals surface area contributed by atoms with Gasteiger partial charge < -0.3 is 19.7 Å². The number of piperidine rings is 2. The molecule has 2 atom stereocenters. The number of benzene rings is 2. The van der Waals surface area contributed by atoms with Crippen LogP contribution in [0.15, 0.2) is 60.8 Å². The first-order valence-corrected chi connectivity index (χ1v) is 13.3. The van der Waals surface area contributed by atoms with Crippen molar-refractivity contribution >= 4 is 23.3 Å². The quantitative estimate of drug-likeness (QED) is 0.476. The Morgan fingerprint density at radius 2 is 1.73 bits per heavy atom. The Morgan fingerprint density at radius 3 is 2.41 bits per heavy atom. The highest BCUT2D eigenvalue weighted by Gasteiger charge is 2.41. The number of ether oxygens (including phenoxy) is 2. The molecule has 7 rings (SSSR count). The largest absolute Gasteiger partial charge is 0.462 e. The Labute approximate surface area is 217 Å². The first-order valence-electron chi connectivity index (χ1n) is 13.3. The fraction of sp³-hybridized carbons (Fsp3) is 0.414.